The molecule has 3 rings (SSSR count). The molecule has 5 nitrogen and oxygen atoms in total. The topological polar surface area (TPSA) is 62.7 Å². The van der Waals surface area contributed by atoms with E-state index in [4.69, 9.17) is 0 Å². The number of ether oxygens (including phenoxy) is 1. The van der Waals surface area contributed by atoms with Crippen LogP contribution in [0.2, 0.25) is 0 Å². The number of hydrogen-bond donors (Lipinski definition) is 2. The molecule has 1 aromatic carbocycles. The Bertz CT molecular complexity index is 619. The quantitative estimate of drug-likeness (QED) is 0.893. The van der Waals surface area contributed by atoms with E-state index in [0.29, 0.717) is 44.3 Å². The average Bonchev–Trinajstić information content (AvgIpc) is 2.75. The lowest BCUT2D eigenvalue weighted by Crippen LogP contribution is -2.47. The van der Waals surface area contributed by atoms with Gasteiger partial charge in [0.1, 0.15) is 17.1 Å². The zero-order valence-electron chi connectivity index (χ0n) is 12.2. The fourth-order valence-corrected chi connectivity index (χ4v) is 2.77. The van der Waals surface area contributed by atoms with E-state index in [0.717, 1.165) is 0 Å². The Morgan fingerprint density at radius 2 is 1.95 bits per heavy atom. The van der Waals surface area contributed by atoms with Crippen molar-refractivity contribution in [2.75, 3.05) is 13.1 Å². The van der Waals surface area contributed by atoms with Gasteiger partial charge in [-0.1, -0.05) is 12.1 Å². The molecule has 1 aromatic rings. The highest BCUT2D eigenvalue weighted by Crippen LogP contribution is 2.31. The van der Waals surface area contributed by atoms with Crippen molar-refractivity contribution in [3.63, 3.8) is 0 Å². The molecule has 1 spiro atoms. The van der Waals surface area contributed by atoms with Crippen LogP contribution >= 0.6 is 0 Å². The Balaban J connectivity index is 1.95. The molecule has 2 aliphatic heterocycles. The lowest BCUT2D eigenvalue weighted by Gasteiger charge is -2.28. The standard InChI is InChI=1S/C15H17F2N3O2/c1-14(16,17)22-11-5-3-2-4-10(11)12-19-13(21)15(20-12)6-8-18-9-7-15/h2-5,18H,6-9H2,1H3,(H,19,20,21). The lowest BCUT2D eigenvalue weighted by molar-refractivity contribution is -0.159. The Morgan fingerprint density at radius 3 is 2.64 bits per heavy atom. The van der Waals surface area contributed by atoms with Gasteiger partial charge in [-0.2, -0.15) is 8.78 Å². The molecule has 22 heavy (non-hydrogen) atoms. The summed E-state index contributed by atoms with van der Waals surface area (Å²) in [4.78, 5) is 16.8. The minimum absolute atomic E-state index is 0.0000319. The van der Waals surface area contributed by atoms with Crippen LogP contribution in [0.3, 0.4) is 0 Å². The molecular formula is C15H17F2N3O2. The van der Waals surface area contributed by atoms with E-state index in [9.17, 15) is 13.6 Å². The summed E-state index contributed by atoms with van der Waals surface area (Å²) < 4.78 is 31.0. The third-order valence-electron chi connectivity index (χ3n) is 3.84. The van der Waals surface area contributed by atoms with E-state index < -0.39 is 11.6 Å². The van der Waals surface area contributed by atoms with E-state index in [1.165, 1.54) is 6.07 Å². The smallest absolute Gasteiger partial charge is 0.394 e. The first-order chi connectivity index (χ1) is 10.4. The van der Waals surface area contributed by atoms with Gasteiger partial charge in [0, 0.05) is 6.92 Å². The predicted octanol–water partition coefficient (Wildman–Crippen LogP) is 1.68. The second kappa shape index (κ2) is 5.31. The first kappa shape index (κ1) is 14.9. The van der Waals surface area contributed by atoms with Crippen molar-refractivity contribution in [2.45, 2.75) is 31.4 Å². The highest BCUT2D eigenvalue weighted by molar-refractivity contribution is 6.16. The van der Waals surface area contributed by atoms with Crippen molar-refractivity contribution in [1.29, 1.82) is 0 Å². The Kier molecular flexibility index (Phi) is 3.60. The third-order valence-corrected chi connectivity index (χ3v) is 3.84. The molecule has 0 unspecified atom stereocenters. The summed E-state index contributed by atoms with van der Waals surface area (Å²) in [6.07, 6.45) is -2.11. The van der Waals surface area contributed by atoms with Crippen molar-refractivity contribution < 1.29 is 18.3 Å². The number of hydrogen-bond acceptors (Lipinski definition) is 4. The van der Waals surface area contributed by atoms with Crippen molar-refractivity contribution in [3.05, 3.63) is 29.8 Å². The number of amidine groups is 1. The van der Waals surface area contributed by atoms with Crippen LogP contribution in [0.4, 0.5) is 8.78 Å². The van der Waals surface area contributed by atoms with Gasteiger partial charge in [-0.3, -0.25) is 9.79 Å². The fourth-order valence-electron chi connectivity index (χ4n) is 2.77. The number of aliphatic imine (C=N–C) groups is 1. The van der Waals surface area contributed by atoms with Crippen LogP contribution in [0, 0.1) is 0 Å². The number of nitrogens with zero attached hydrogens (tertiary/aromatic N) is 1. The van der Waals surface area contributed by atoms with Crippen molar-refractivity contribution >= 4 is 11.7 Å². The second-order valence-corrected chi connectivity index (χ2v) is 5.60. The van der Waals surface area contributed by atoms with Crippen LogP contribution in [0.5, 0.6) is 5.75 Å². The van der Waals surface area contributed by atoms with Crippen LogP contribution in [-0.2, 0) is 4.79 Å². The molecule has 1 fully saturated rings. The number of benzene rings is 1. The number of alkyl halides is 2. The summed E-state index contributed by atoms with van der Waals surface area (Å²) in [7, 11) is 0. The van der Waals surface area contributed by atoms with Gasteiger partial charge < -0.3 is 15.4 Å². The van der Waals surface area contributed by atoms with E-state index in [2.05, 4.69) is 20.4 Å². The van der Waals surface area contributed by atoms with Crippen LogP contribution in [-0.4, -0.2) is 36.5 Å². The van der Waals surface area contributed by atoms with Gasteiger partial charge in [0.2, 0.25) is 0 Å². The molecule has 2 N–H and O–H groups in total. The number of para-hydroxylation sites is 1. The molecule has 2 aliphatic rings. The van der Waals surface area contributed by atoms with Crippen molar-refractivity contribution in [2.24, 2.45) is 4.99 Å². The van der Waals surface area contributed by atoms with Gasteiger partial charge in [0.25, 0.3) is 5.91 Å². The highest BCUT2D eigenvalue weighted by atomic mass is 19.3. The summed E-state index contributed by atoms with van der Waals surface area (Å²) in [6, 6.07) is 6.34. The summed E-state index contributed by atoms with van der Waals surface area (Å²) in [5.41, 5.74) is -0.421. The van der Waals surface area contributed by atoms with Crippen molar-refractivity contribution in [1.82, 2.24) is 10.6 Å². The van der Waals surface area contributed by atoms with Crippen molar-refractivity contribution in [3.8, 4) is 5.75 Å². The number of amides is 1. The van der Waals surface area contributed by atoms with Gasteiger partial charge in [0.15, 0.2) is 0 Å². The van der Waals surface area contributed by atoms with Gasteiger partial charge >= 0.3 is 6.11 Å². The number of rotatable bonds is 3. The van der Waals surface area contributed by atoms with E-state index in [1.807, 2.05) is 0 Å². The minimum Gasteiger partial charge on any atom is -0.432 e. The summed E-state index contributed by atoms with van der Waals surface area (Å²) in [6.45, 7) is 2.08. The molecule has 118 valence electrons. The molecule has 7 heteroatoms. The van der Waals surface area contributed by atoms with Gasteiger partial charge in [-0.25, -0.2) is 0 Å². The molecule has 0 bridgehead atoms. The number of halogens is 2. The minimum atomic E-state index is -3.30. The first-order valence-electron chi connectivity index (χ1n) is 7.18. The summed E-state index contributed by atoms with van der Waals surface area (Å²) in [5, 5.41) is 5.90. The maximum atomic E-state index is 13.1. The monoisotopic (exact) mass is 309 g/mol. The first-order valence-corrected chi connectivity index (χ1v) is 7.18. The van der Waals surface area contributed by atoms with Crippen LogP contribution in [0.15, 0.2) is 29.3 Å². The Hall–Kier alpha value is -2.02. The molecule has 2 heterocycles. The third kappa shape index (κ3) is 2.81. The Labute approximate surface area is 126 Å². The van der Waals surface area contributed by atoms with Gasteiger partial charge in [-0.15, -0.1) is 0 Å². The van der Waals surface area contributed by atoms with Gasteiger partial charge in [-0.05, 0) is 38.1 Å². The summed E-state index contributed by atoms with van der Waals surface area (Å²) in [5.74, 6) is 0.119. The van der Waals surface area contributed by atoms with E-state index >= 15 is 0 Å². The fraction of sp³-hybridized carbons (Fsp3) is 0.467. The molecule has 0 radical (unpaired) electrons. The second-order valence-electron chi connectivity index (χ2n) is 5.60. The van der Waals surface area contributed by atoms with E-state index in [1.54, 1.807) is 18.2 Å². The SMILES string of the molecule is CC(F)(F)Oc1ccccc1C1=NC2(CCNCC2)C(=O)N1. The average molecular weight is 309 g/mol. The molecule has 0 aliphatic carbocycles. The van der Waals surface area contributed by atoms with Crippen LogP contribution in [0.1, 0.15) is 25.3 Å². The number of piperidine rings is 1. The lowest BCUT2D eigenvalue weighted by atomic mass is 9.89. The summed E-state index contributed by atoms with van der Waals surface area (Å²) >= 11 is 0. The van der Waals surface area contributed by atoms with Gasteiger partial charge in [0.05, 0.1) is 5.56 Å². The highest BCUT2D eigenvalue weighted by Gasteiger charge is 2.44. The zero-order chi connectivity index (χ0) is 15.8. The molecular weight excluding hydrogens is 292 g/mol. The van der Waals surface area contributed by atoms with E-state index in [-0.39, 0.29) is 11.7 Å². The number of carbonyl (C=O) groups excluding carboxylic acids is 1. The molecule has 0 aromatic heterocycles. The maximum Gasteiger partial charge on any atom is 0.394 e. The number of nitrogens with one attached hydrogen (secondary N) is 2. The zero-order valence-corrected chi connectivity index (χ0v) is 12.2. The normalized spacial score (nSPS) is 20.7. The molecule has 0 saturated carbocycles. The number of carbonyl (C=O) groups is 1. The maximum absolute atomic E-state index is 13.1. The molecule has 1 saturated heterocycles. The van der Waals surface area contributed by atoms with Crippen LogP contribution in [0.25, 0.3) is 0 Å². The Morgan fingerprint density at radius 1 is 1.27 bits per heavy atom. The largest absolute Gasteiger partial charge is 0.432 e. The predicted molar refractivity (Wildman–Crippen MR) is 77.2 cm³/mol. The van der Waals surface area contributed by atoms with Crippen LogP contribution < -0.4 is 15.4 Å². The molecule has 0 atom stereocenters. The molecule has 1 amide bonds.